The van der Waals surface area contributed by atoms with Gasteiger partial charge in [-0.05, 0) is 37.3 Å². The number of aromatic nitrogens is 2. The predicted octanol–water partition coefficient (Wildman–Crippen LogP) is -0.0952. The molecule has 5 atom stereocenters. The van der Waals surface area contributed by atoms with Gasteiger partial charge < -0.3 is 35.9 Å². The number of carbonyl (C=O) groups is 6. The summed E-state index contributed by atoms with van der Waals surface area (Å²) in [6, 6.07) is 1.69. The van der Waals surface area contributed by atoms with Crippen molar-refractivity contribution in [2.75, 3.05) is 30.9 Å². The van der Waals surface area contributed by atoms with Crippen molar-refractivity contribution in [1.29, 1.82) is 0 Å². The van der Waals surface area contributed by atoms with Crippen LogP contribution in [0, 0.1) is 23.7 Å². The molecule has 0 aliphatic heterocycles. The Kier molecular flexibility index (Phi) is 7.13. The first kappa shape index (κ1) is 28.9. The fourth-order valence-electron chi connectivity index (χ4n) is 6.51. The number of ketones is 4. The van der Waals surface area contributed by atoms with E-state index < -0.39 is 70.7 Å². The highest BCUT2D eigenvalue weighted by atomic mass is 16.5. The van der Waals surface area contributed by atoms with Crippen LogP contribution in [0.3, 0.4) is 0 Å². The number of H-pyrrole nitrogens is 1. The SMILES string of the molecule is CCOC(=O)c1cnc(NCc2cc(N(C)C)c3c(c2O)C(=O)C2C(=O)[C@]4(O)C(=O)C(C(N)=O)C(=O)C[C@@H]4C[C@@H]2C3)[nH]1. The van der Waals surface area contributed by atoms with Crippen LogP contribution in [0.15, 0.2) is 12.3 Å². The fourth-order valence-corrected chi connectivity index (χ4v) is 6.51. The number of fused-ring (bicyclic) bond motifs is 3. The normalized spacial score (nSPS) is 26.7. The lowest BCUT2D eigenvalue weighted by Gasteiger charge is -2.48. The Balaban J connectivity index is 1.50. The highest BCUT2D eigenvalue weighted by Gasteiger charge is 2.66. The Morgan fingerprint density at radius 2 is 1.93 bits per heavy atom. The number of carbonyl (C=O) groups excluding carboxylic acids is 6. The molecule has 2 unspecified atom stereocenters. The summed E-state index contributed by atoms with van der Waals surface area (Å²) in [6.45, 7) is 1.83. The molecule has 1 heterocycles. The summed E-state index contributed by atoms with van der Waals surface area (Å²) in [4.78, 5) is 85.7. The molecule has 2 aromatic rings. The predicted molar refractivity (Wildman–Crippen MR) is 145 cm³/mol. The molecule has 0 saturated heterocycles. The largest absolute Gasteiger partial charge is 0.507 e. The van der Waals surface area contributed by atoms with Gasteiger partial charge in [0.15, 0.2) is 34.7 Å². The fraction of sp³-hybridized carbons (Fsp3) is 0.464. The third-order valence-corrected chi connectivity index (χ3v) is 8.46. The van der Waals surface area contributed by atoms with Crippen molar-refractivity contribution in [1.82, 2.24) is 9.97 Å². The molecule has 2 fully saturated rings. The van der Waals surface area contributed by atoms with Gasteiger partial charge in [0, 0.05) is 44.2 Å². The van der Waals surface area contributed by atoms with Gasteiger partial charge in [0.2, 0.25) is 11.9 Å². The number of aliphatic hydroxyl groups is 1. The summed E-state index contributed by atoms with van der Waals surface area (Å²) in [7, 11) is 3.51. The van der Waals surface area contributed by atoms with Crippen LogP contribution in [0.2, 0.25) is 0 Å². The number of imidazole rings is 1. The molecule has 42 heavy (non-hydrogen) atoms. The van der Waals surface area contributed by atoms with E-state index in [1.54, 1.807) is 32.0 Å². The molecule has 5 rings (SSSR count). The van der Waals surface area contributed by atoms with E-state index in [4.69, 9.17) is 10.5 Å². The number of ether oxygens (including phenoxy) is 1. The van der Waals surface area contributed by atoms with Crippen LogP contribution < -0.4 is 16.0 Å². The Morgan fingerprint density at radius 3 is 2.57 bits per heavy atom. The lowest BCUT2D eigenvalue weighted by molar-refractivity contribution is -0.175. The summed E-state index contributed by atoms with van der Waals surface area (Å²) in [5.41, 5.74) is 3.93. The first-order valence-corrected chi connectivity index (χ1v) is 13.5. The number of primary amides is 1. The van der Waals surface area contributed by atoms with Gasteiger partial charge in [0.25, 0.3) is 0 Å². The minimum atomic E-state index is -2.71. The van der Waals surface area contributed by atoms with E-state index in [1.807, 2.05) is 0 Å². The number of phenolic OH excluding ortho intramolecular Hbond substituents is 1. The van der Waals surface area contributed by atoms with E-state index in [-0.39, 0.29) is 54.5 Å². The lowest BCUT2D eigenvalue weighted by atomic mass is 9.53. The maximum atomic E-state index is 14.0. The van der Waals surface area contributed by atoms with Crippen molar-refractivity contribution >= 4 is 46.6 Å². The van der Waals surface area contributed by atoms with Crippen LogP contribution in [0.4, 0.5) is 11.6 Å². The number of esters is 1. The number of aromatic hydroxyl groups is 1. The monoisotopic (exact) mass is 581 g/mol. The van der Waals surface area contributed by atoms with E-state index in [1.165, 1.54) is 6.20 Å². The summed E-state index contributed by atoms with van der Waals surface area (Å²) in [5.74, 6) is -11.1. The average molecular weight is 582 g/mol. The molecule has 0 spiro atoms. The molecule has 0 radical (unpaired) electrons. The van der Waals surface area contributed by atoms with Crippen molar-refractivity contribution in [3.8, 4) is 5.75 Å². The maximum absolute atomic E-state index is 14.0. The van der Waals surface area contributed by atoms with E-state index in [0.29, 0.717) is 11.3 Å². The van der Waals surface area contributed by atoms with Gasteiger partial charge in [-0.25, -0.2) is 9.78 Å². The summed E-state index contributed by atoms with van der Waals surface area (Å²) in [6.07, 6.45) is 1.07. The Morgan fingerprint density at radius 1 is 1.21 bits per heavy atom. The average Bonchev–Trinajstić information content (AvgIpc) is 3.39. The number of Topliss-reactive ketones (excluding diaryl/α,β-unsaturated/α-hetero) is 4. The van der Waals surface area contributed by atoms with Crippen LogP contribution in [-0.4, -0.2) is 81.5 Å². The van der Waals surface area contributed by atoms with E-state index in [9.17, 15) is 39.0 Å². The number of hydrogen-bond donors (Lipinski definition) is 5. The summed E-state index contributed by atoms with van der Waals surface area (Å²) >= 11 is 0. The van der Waals surface area contributed by atoms with Crippen molar-refractivity contribution in [3.63, 3.8) is 0 Å². The zero-order valence-electron chi connectivity index (χ0n) is 23.2. The maximum Gasteiger partial charge on any atom is 0.356 e. The standard InChI is InChI=1S/C28H31N5O9/c1-4-42-26(40)15-10-31-27(32-15)30-9-12-7-16(33(2)3)14-6-11-5-13-8-17(34)20(25(29)39)24(38)28(13,41)23(37)18(11)22(36)19(14)21(12)35/h7,10-11,13,18,20,35,41H,4-6,8-9H2,1-3H3,(H2,29,39)(H2,30,31,32)/t11-,13+,18?,20?,28+/m1/s1. The topological polar surface area (TPSA) is 222 Å². The van der Waals surface area contributed by atoms with Gasteiger partial charge >= 0.3 is 5.97 Å². The van der Waals surface area contributed by atoms with Crippen LogP contribution >= 0.6 is 0 Å². The number of aromatic amines is 1. The van der Waals surface area contributed by atoms with Crippen LogP contribution in [0.5, 0.6) is 5.75 Å². The lowest BCUT2D eigenvalue weighted by Crippen LogP contribution is -2.68. The first-order valence-electron chi connectivity index (χ1n) is 13.5. The molecule has 2 saturated carbocycles. The number of hydrogen-bond acceptors (Lipinski definition) is 12. The minimum Gasteiger partial charge on any atom is -0.507 e. The highest BCUT2D eigenvalue weighted by molar-refractivity contribution is 6.31. The van der Waals surface area contributed by atoms with Crippen LogP contribution in [0.1, 0.15) is 51.7 Å². The van der Waals surface area contributed by atoms with Gasteiger partial charge in [-0.3, -0.25) is 24.0 Å². The molecule has 6 N–H and O–H groups in total. The second-order valence-electron chi connectivity index (χ2n) is 11.1. The molecule has 1 aromatic carbocycles. The number of rotatable bonds is 7. The molecule has 222 valence electrons. The molecule has 3 aliphatic carbocycles. The van der Waals surface area contributed by atoms with Crippen molar-refractivity contribution in [3.05, 3.63) is 34.6 Å². The third-order valence-electron chi connectivity index (χ3n) is 8.46. The number of benzene rings is 1. The van der Waals surface area contributed by atoms with E-state index in [2.05, 4.69) is 15.3 Å². The van der Waals surface area contributed by atoms with Gasteiger partial charge in [0.1, 0.15) is 11.4 Å². The number of nitrogens with two attached hydrogens (primary N) is 1. The van der Waals surface area contributed by atoms with E-state index in [0.717, 1.165) is 0 Å². The summed E-state index contributed by atoms with van der Waals surface area (Å²) < 4.78 is 4.93. The minimum absolute atomic E-state index is 0.0132. The molecule has 1 aromatic heterocycles. The van der Waals surface area contributed by atoms with Crippen molar-refractivity contribution in [2.45, 2.75) is 38.3 Å². The van der Waals surface area contributed by atoms with Gasteiger partial charge in [0.05, 0.1) is 24.3 Å². The number of nitrogens with one attached hydrogen (secondary N) is 2. The molecule has 3 aliphatic rings. The zero-order chi connectivity index (χ0) is 30.7. The molecule has 0 bridgehead atoms. The smallest absolute Gasteiger partial charge is 0.356 e. The molecule has 14 nitrogen and oxygen atoms in total. The number of anilines is 2. The number of amides is 1. The number of nitrogens with zero attached hydrogens (tertiary/aromatic N) is 2. The second-order valence-corrected chi connectivity index (χ2v) is 11.1. The van der Waals surface area contributed by atoms with Gasteiger partial charge in [-0.15, -0.1) is 0 Å². The quantitative estimate of drug-likeness (QED) is 0.214. The van der Waals surface area contributed by atoms with Crippen LogP contribution in [-0.2, 0) is 36.9 Å². The van der Waals surface area contributed by atoms with E-state index >= 15 is 0 Å². The van der Waals surface area contributed by atoms with Crippen LogP contribution in [0.25, 0.3) is 0 Å². The molecule has 14 heteroatoms. The number of phenols is 1. The summed E-state index contributed by atoms with van der Waals surface area (Å²) in [5, 5.41) is 25.6. The molecular formula is C28H31N5O9. The van der Waals surface area contributed by atoms with Gasteiger partial charge in [-0.2, -0.15) is 0 Å². The second kappa shape index (κ2) is 10.4. The Labute approximate surface area is 239 Å². The highest BCUT2D eigenvalue weighted by Crippen LogP contribution is 2.51. The van der Waals surface area contributed by atoms with Crippen molar-refractivity contribution < 1.29 is 43.7 Å². The first-order chi connectivity index (χ1) is 19.8. The Hall–Kier alpha value is -4.59. The van der Waals surface area contributed by atoms with Crippen molar-refractivity contribution in [2.24, 2.45) is 29.4 Å². The zero-order valence-corrected chi connectivity index (χ0v) is 23.2. The third kappa shape index (κ3) is 4.33. The van der Waals surface area contributed by atoms with Gasteiger partial charge in [-0.1, -0.05) is 0 Å². The Bertz CT molecular complexity index is 1550. The molecule has 1 amide bonds. The molecular weight excluding hydrogens is 550 g/mol.